The van der Waals surface area contributed by atoms with Gasteiger partial charge in [-0.1, -0.05) is 6.07 Å². The van der Waals surface area contributed by atoms with Crippen molar-refractivity contribution in [3.8, 4) is 0 Å². The van der Waals surface area contributed by atoms with Crippen LogP contribution in [0.2, 0.25) is 0 Å². The van der Waals surface area contributed by atoms with E-state index in [2.05, 4.69) is 25.3 Å². The third kappa shape index (κ3) is 5.29. The number of aryl methyl sites for hydroxylation is 1. The summed E-state index contributed by atoms with van der Waals surface area (Å²) in [5, 5.41) is 0. The molecule has 4 N–H and O–H groups in total. The first-order chi connectivity index (χ1) is 13.8. The fraction of sp³-hybridized carbons (Fsp3) is 0.300. The molecule has 154 valence electrons. The van der Waals surface area contributed by atoms with Crippen molar-refractivity contribution < 1.29 is 19.2 Å². The number of rotatable bonds is 6. The number of nitrogens with zero attached hydrogens (tertiary/aromatic N) is 2. The van der Waals surface area contributed by atoms with Crippen molar-refractivity contribution in [2.75, 3.05) is 13.7 Å². The van der Waals surface area contributed by atoms with Crippen LogP contribution in [0.4, 0.5) is 5.69 Å². The number of esters is 1. The van der Waals surface area contributed by atoms with E-state index in [-0.39, 0.29) is 12.4 Å². The minimum atomic E-state index is -0.435. The molecule has 2 rings (SSSR count). The molecule has 2 aromatic rings. The number of amides is 1. The zero-order valence-corrected chi connectivity index (χ0v) is 17.1. The Balaban J connectivity index is 2.56. The maximum atomic E-state index is 12.1. The fourth-order valence-corrected chi connectivity index (χ4v) is 2.59. The number of carbonyl (C=O) groups is 2. The molecule has 0 radical (unpaired) electrons. The summed E-state index contributed by atoms with van der Waals surface area (Å²) in [6.45, 7) is 7.28. The van der Waals surface area contributed by atoms with Crippen LogP contribution in [0.25, 0.3) is 0 Å². The topological polar surface area (TPSA) is 131 Å². The highest BCUT2D eigenvalue weighted by Gasteiger charge is 2.19. The van der Waals surface area contributed by atoms with Crippen molar-refractivity contribution in [3.63, 3.8) is 0 Å². The molecule has 9 nitrogen and oxygen atoms in total. The van der Waals surface area contributed by atoms with Gasteiger partial charge >= 0.3 is 5.97 Å². The summed E-state index contributed by atoms with van der Waals surface area (Å²) >= 11 is 0. The van der Waals surface area contributed by atoms with E-state index in [4.69, 9.17) is 10.5 Å². The molecule has 0 saturated carbocycles. The standard InChI is InChI=1S/C20H25N5O4/c1-6-29-20(27)15-10-22-17(12(15)3)18(23-13(4)21)24-16-9-14(8-7-11(16)2)19(26)25-28-5/h7-10,22H,6H2,1-5H3,(H,25,26)(H2,21,23,24). The van der Waals surface area contributed by atoms with Gasteiger partial charge in [-0.2, -0.15) is 0 Å². The molecular formula is C20H25N5O4. The van der Waals surface area contributed by atoms with Crippen LogP contribution in [0.15, 0.2) is 34.4 Å². The lowest BCUT2D eigenvalue weighted by atomic mass is 10.1. The molecule has 0 atom stereocenters. The van der Waals surface area contributed by atoms with Crippen LogP contribution in [0.1, 0.15) is 51.4 Å². The van der Waals surface area contributed by atoms with Gasteiger partial charge < -0.3 is 15.5 Å². The van der Waals surface area contributed by atoms with Crippen molar-refractivity contribution in [2.24, 2.45) is 15.7 Å². The third-order valence-electron chi connectivity index (χ3n) is 4.03. The van der Waals surface area contributed by atoms with E-state index in [1.54, 1.807) is 45.2 Å². The highest BCUT2D eigenvalue weighted by molar-refractivity contribution is 6.08. The van der Waals surface area contributed by atoms with Gasteiger partial charge in [-0.05, 0) is 51.0 Å². The number of nitrogens with two attached hydrogens (primary N) is 1. The molecule has 0 aliphatic carbocycles. The number of ether oxygens (including phenoxy) is 1. The van der Waals surface area contributed by atoms with Gasteiger partial charge in [-0.25, -0.2) is 20.3 Å². The van der Waals surface area contributed by atoms with Crippen LogP contribution in [-0.4, -0.2) is 42.2 Å². The molecule has 0 fully saturated rings. The summed E-state index contributed by atoms with van der Waals surface area (Å²) in [6.07, 6.45) is 1.55. The van der Waals surface area contributed by atoms with E-state index in [0.717, 1.165) is 5.56 Å². The maximum absolute atomic E-state index is 12.1. The predicted molar refractivity (Wildman–Crippen MR) is 111 cm³/mol. The van der Waals surface area contributed by atoms with Gasteiger partial charge in [0.15, 0.2) is 5.84 Å². The summed E-state index contributed by atoms with van der Waals surface area (Å²) in [4.78, 5) is 40.8. The summed E-state index contributed by atoms with van der Waals surface area (Å²) in [5.74, 6) is -0.258. The molecule has 0 bridgehead atoms. The Hall–Kier alpha value is -3.46. The van der Waals surface area contributed by atoms with Crippen molar-refractivity contribution in [1.82, 2.24) is 10.5 Å². The summed E-state index contributed by atoms with van der Waals surface area (Å²) < 4.78 is 5.07. The highest BCUT2D eigenvalue weighted by Crippen LogP contribution is 2.24. The number of nitrogens with one attached hydrogen (secondary N) is 2. The van der Waals surface area contributed by atoms with Crippen molar-refractivity contribution in [1.29, 1.82) is 0 Å². The van der Waals surface area contributed by atoms with Gasteiger partial charge in [0.25, 0.3) is 5.91 Å². The Labute approximate surface area is 169 Å². The number of aromatic nitrogens is 1. The molecule has 29 heavy (non-hydrogen) atoms. The number of H-pyrrole nitrogens is 1. The number of benzene rings is 1. The lowest BCUT2D eigenvalue weighted by Crippen LogP contribution is -2.21. The van der Waals surface area contributed by atoms with Crippen LogP contribution in [0.3, 0.4) is 0 Å². The smallest absolute Gasteiger partial charge is 0.339 e. The Kier molecular flexibility index (Phi) is 7.27. The Bertz CT molecular complexity index is 971. The lowest BCUT2D eigenvalue weighted by molar-refractivity contribution is 0.0523. The van der Waals surface area contributed by atoms with Crippen LogP contribution in [0, 0.1) is 13.8 Å². The van der Waals surface area contributed by atoms with Crippen molar-refractivity contribution >= 4 is 29.2 Å². The minimum Gasteiger partial charge on any atom is -0.462 e. The minimum absolute atomic E-state index is 0.273. The van der Waals surface area contributed by atoms with Crippen molar-refractivity contribution in [3.05, 3.63) is 52.3 Å². The second-order valence-corrected chi connectivity index (χ2v) is 6.25. The fourth-order valence-electron chi connectivity index (χ4n) is 2.59. The van der Waals surface area contributed by atoms with Gasteiger partial charge in [0.2, 0.25) is 0 Å². The van der Waals surface area contributed by atoms with Gasteiger partial charge in [-0.15, -0.1) is 0 Å². The quantitative estimate of drug-likeness (QED) is 0.297. The maximum Gasteiger partial charge on any atom is 0.339 e. The highest BCUT2D eigenvalue weighted by atomic mass is 16.6. The zero-order valence-electron chi connectivity index (χ0n) is 17.1. The molecule has 9 heteroatoms. The Morgan fingerprint density at radius 2 is 2.00 bits per heavy atom. The second kappa shape index (κ2) is 9.65. The van der Waals surface area contributed by atoms with E-state index < -0.39 is 11.9 Å². The first-order valence-electron chi connectivity index (χ1n) is 8.97. The predicted octanol–water partition coefficient (Wildman–Crippen LogP) is 2.55. The molecule has 0 spiro atoms. The van der Waals surface area contributed by atoms with E-state index in [9.17, 15) is 9.59 Å². The van der Waals surface area contributed by atoms with Crippen molar-refractivity contribution in [2.45, 2.75) is 27.7 Å². The third-order valence-corrected chi connectivity index (χ3v) is 4.03. The van der Waals surface area contributed by atoms with Gasteiger partial charge in [0, 0.05) is 11.8 Å². The summed E-state index contributed by atoms with van der Waals surface area (Å²) in [7, 11) is 1.36. The SMILES string of the molecule is CCOC(=O)c1c[nH]c(C(N=C(C)N)=Nc2cc(C(=O)NOC)ccc2C)c1C. The van der Waals surface area contributed by atoms with Gasteiger partial charge in [-0.3, -0.25) is 9.63 Å². The largest absolute Gasteiger partial charge is 0.462 e. The molecule has 0 saturated heterocycles. The average Bonchev–Trinajstić information content (AvgIpc) is 3.04. The molecule has 1 amide bonds. The number of amidine groups is 2. The first-order valence-corrected chi connectivity index (χ1v) is 8.97. The van der Waals surface area contributed by atoms with E-state index in [0.29, 0.717) is 33.9 Å². The van der Waals surface area contributed by atoms with Crippen LogP contribution in [0.5, 0.6) is 0 Å². The molecule has 0 aliphatic heterocycles. The van der Waals surface area contributed by atoms with E-state index in [1.165, 1.54) is 7.11 Å². The molecule has 1 aromatic heterocycles. The number of aromatic amines is 1. The molecule has 0 aliphatic rings. The second-order valence-electron chi connectivity index (χ2n) is 6.25. The Morgan fingerprint density at radius 3 is 2.62 bits per heavy atom. The van der Waals surface area contributed by atoms with Gasteiger partial charge in [0.05, 0.1) is 36.5 Å². The number of hydroxylamine groups is 1. The molecule has 1 heterocycles. The first kappa shape index (κ1) is 21.8. The Morgan fingerprint density at radius 1 is 1.28 bits per heavy atom. The number of hydrogen-bond acceptors (Lipinski definition) is 5. The number of hydrogen-bond donors (Lipinski definition) is 3. The monoisotopic (exact) mass is 399 g/mol. The number of carbonyl (C=O) groups excluding carboxylic acids is 2. The van der Waals surface area contributed by atoms with Crippen LogP contribution < -0.4 is 11.2 Å². The summed E-state index contributed by atoms with van der Waals surface area (Å²) in [5.41, 5.74) is 11.4. The number of aliphatic imine (C=N–C) groups is 2. The van der Waals surface area contributed by atoms with E-state index in [1.807, 2.05) is 6.92 Å². The van der Waals surface area contributed by atoms with E-state index >= 15 is 0 Å². The van der Waals surface area contributed by atoms with Crippen LogP contribution in [-0.2, 0) is 9.57 Å². The average molecular weight is 399 g/mol. The molecular weight excluding hydrogens is 374 g/mol. The van der Waals surface area contributed by atoms with Crippen LogP contribution >= 0.6 is 0 Å². The normalized spacial score (nSPS) is 12.0. The summed E-state index contributed by atoms with van der Waals surface area (Å²) in [6, 6.07) is 5.06. The molecule has 0 unspecified atom stereocenters. The van der Waals surface area contributed by atoms with Gasteiger partial charge in [0.1, 0.15) is 0 Å². The lowest BCUT2D eigenvalue weighted by Gasteiger charge is -2.08. The zero-order chi connectivity index (χ0) is 21.6. The molecule has 1 aromatic carbocycles.